The predicted octanol–water partition coefficient (Wildman–Crippen LogP) is 2.64. The molecule has 2 fully saturated rings. The Bertz CT molecular complexity index is 964. The van der Waals surface area contributed by atoms with E-state index in [1.807, 2.05) is 6.07 Å². The first-order valence-electron chi connectivity index (χ1n) is 9.14. The fraction of sp³-hybridized carbons (Fsp3) is 0.368. The quantitative estimate of drug-likeness (QED) is 0.770. The topological polar surface area (TPSA) is 96.3 Å². The van der Waals surface area contributed by atoms with E-state index in [0.717, 1.165) is 17.7 Å². The highest BCUT2D eigenvalue weighted by atomic mass is 35.5. The number of halogens is 1. The van der Waals surface area contributed by atoms with Crippen molar-refractivity contribution >= 4 is 35.3 Å². The van der Waals surface area contributed by atoms with Crippen LogP contribution in [-0.4, -0.2) is 44.6 Å². The van der Waals surface area contributed by atoms with Crippen LogP contribution in [0.3, 0.4) is 0 Å². The Morgan fingerprint density at radius 1 is 1.29 bits per heavy atom. The lowest BCUT2D eigenvalue weighted by Crippen LogP contribution is -2.44. The second-order valence-electron chi connectivity index (χ2n) is 7.22. The molecule has 2 N–H and O–H groups in total. The zero-order chi connectivity index (χ0) is 19.9. The van der Waals surface area contributed by atoms with Crippen molar-refractivity contribution < 1.29 is 14.4 Å². The van der Waals surface area contributed by atoms with Gasteiger partial charge in [0.1, 0.15) is 17.9 Å². The van der Waals surface area contributed by atoms with E-state index >= 15 is 0 Å². The summed E-state index contributed by atoms with van der Waals surface area (Å²) >= 11 is 6.05. The van der Waals surface area contributed by atoms with Crippen LogP contribution in [0.4, 0.5) is 10.6 Å². The van der Waals surface area contributed by atoms with Crippen molar-refractivity contribution in [3.8, 4) is 5.69 Å². The molecule has 1 aliphatic heterocycles. The van der Waals surface area contributed by atoms with Gasteiger partial charge < -0.3 is 10.6 Å². The average molecular weight is 402 g/mol. The molecule has 4 rings (SSSR count). The summed E-state index contributed by atoms with van der Waals surface area (Å²) < 4.78 is 1.56. The van der Waals surface area contributed by atoms with Crippen molar-refractivity contribution in [2.75, 3.05) is 11.9 Å². The summed E-state index contributed by atoms with van der Waals surface area (Å²) in [6.07, 6.45) is 3.03. The van der Waals surface area contributed by atoms with Crippen LogP contribution in [-0.2, 0) is 9.59 Å². The van der Waals surface area contributed by atoms with Crippen LogP contribution in [0.2, 0.25) is 5.02 Å². The summed E-state index contributed by atoms with van der Waals surface area (Å²) in [5, 5.41) is 10.4. The van der Waals surface area contributed by atoms with Gasteiger partial charge in [-0.3, -0.25) is 14.5 Å². The molecular weight excluding hydrogens is 382 g/mol. The minimum absolute atomic E-state index is 0.315. The number of nitrogens with one attached hydrogen (secondary N) is 2. The maximum Gasteiger partial charge on any atom is 0.325 e. The Morgan fingerprint density at radius 3 is 2.75 bits per heavy atom. The van der Waals surface area contributed by atoms with E-state index in [-0.39, 0.29) is 12.5 Å². The molecule has 0 bridgehead atoms. The van der Waals surface area contributed by atoms with Gasteiger partial charge in [0.15, 0.2) is 0 Å². The van der Waals surface area contributed by atoms with Crippen molar-refractivity contribution in [2.45, 2.75) is 38.1 Å². The van der Waals surface area contributed by atoms with Crippen LogP contribution in [0, 0.1) is 6.92 Å². The zero-order valence-corrected chi connectivity index (χ0v) is 16.1. The first-order valence-corrected chi connectivity index (χ1v) is 9.52. The number of hydrogen-bond donors (Lipinski definition) is 2. The third kappa shape index (κ3) is 3.24. The first kappa shape index (κ1) is 18.5. The van der Waals surface area contributed by atoms with Gasteiger partial charge in [-0.25, -0.2) is 9.48 Å². The molecule has 2 heterocycles. The van der Waals surface area contributed by atoms with Crippen LogP contribution in [0.25, 0.3) is 5.69 Å². The van der Waals surface area contributed by atoms with Crippen molar-refractivity contribution in [3.05, 3.63) is 41.0 Å². The summed E-state index contributed by atoms with van der Waals surface area (Å²) in [7, 11) is 0. The van der Waals surface area contributed by atoms with Gasteiger partial charge in [0.25, 0.3) is 5.91 Å². The first-order chi connectivity index (χ1) is 13.4. The Hall–Kier alpha value is -2.87. The second-order valence-corrected chi connectivity index (χ2v) is 7.66. The highest BCUT2D eigenvalue weighted by Crippen LogP contribution is 2.35. The number of amides is 4. The highest BCUT2D eigenvalue weighted by Gasteiger charge is 2.52. The van der Waals surface area contributed by atoms with Crippen LogP contribution < -0.4 is 10.6 Å². The second kappa shape index (κ2) is 6.94. The van der Waals surface area contributed by atoms with Crippen LogP contribution in [0.15, 0.2) is 30.3 Å². The Kier molecular flexibility index (Phi) is 4.58. The molecule has 28 heavy (non-hydrogen) atoms. The molecular formula is C19H20ClN5O3. The zero-order valence-electron chi connectivity index (χ0n) is 15.4. The van der Waals surface area contributed by atoms with Gasteiger partial charge in [0.05, 0.1) is 11.4 Å². The fourth-order valence-corrected chi connectivity index (χ4v) is 4.04. The van der Waals surface area contributed by atoms with Gasteiger partial charge in [-0.2, -0.15) is 5.10 Å². The number of imide groups is 1. The lowest BCUT2D eigenvalue weighted by Gasteiger charge is -2.19. The number of anilines is 1. The predicted molar refractivity (Wildman–Crippen MR) is 103 cm³/mol. The monoisotopic (exact) mass is 401 g/mol. The minimum atomic E-state index is -0.823. The van der Waals surface area contributed by atoms with Crippen molar-refractivity contribution in [1.29, 1.82) is 0 Å². The summed E-state index contributed by atoms with van der Waals surface area (Å²) in [6, 6.07) is 8.27. The van der Waals surface area contributed by atoms with Crippen LogP contribution in [0.5, 0.6) is 0 Å². The number of urea groups is 1. The summed E-state index contributed by atoms with van der Waals surface area (Å²) in [4.78, 5) is 38.5. The smallest absolute Gasteiger partial charge is 0.323 e. The van der Waals surface area contributed by atoms with Gasteiger partial charge in [0, 0.05) is 11.1 Å². The number of hydrogen-bond acceptors (Lipinski definition) is 4. The third-order valence-corrected chi connectivity index (χ3v) is 5.39. The molecule has 0 atom stereocenters. The molecule has 0 unspecified atom stereocenters. The molecule has 0 radical (unpaired) electrons. The standard InChI is InChI=1S/C19H20ClN5O3/c1-12-9-15(25(23-12)14-6-4-5-13(20)10-14)21-16(26)11-24-17(27)19(22-18(24)28)7-2-3-8-19/h4-6,9-10H,2-3,7-8,11H2,1H3,(H,21,26)(H,22,28). The molecule has 4 amide bonds. The molecule has 146 valence electrons. The Balaban J connectivity index is 1.51. The van der Waals surface area contributed by atoms with E-state index < -0.39 is 17.5 Å². The summed E-state index contributed by atoms with van der Waals surface area (Å²) in [6.45, 7) is 1.46. The van der Waals surface area contributed by atoms with E-state index in [4.69, 9.17) is 11.6 Å². The summed E-state index contributed by atoms with van der Waals surface area (Å²) in [5.74, 6) is -0.348. The maximum atomic E-state index is 12.7. The molecule has 2 aromatic rings. The maximum absolute atomic E-state index is 12.7. The minimum Gasteiger partial charge on any atom is -0.323 e. The number of carbonyl (C=O) groups excluding carboxylic acids is 3. The molecule has 9 heteroatoms. The lowest BCUT2D eigenvalue weighted by molar-refractivity contribution is -0.133. The molecule has 8 nitrogen and oxygen atoms in total. The molecule has 1 saturated heterocycles. The van der Waals surface area contributed by atoms with Crippen molar-refractivity contribution in [2.24, 2.45) is 0 Å². The van der Waals surface area contributed by atoms with Gasteiger partial charge in [-0.05, 0) is 38.0 Å². The molecule has 1 spiro atoms. The average Bonchev–Trinajstić information content (AvgIpc) is 3.31. The highest BCUT2D eigenvalue weighted by molar-refractivity contribution is 6.30. The van der Waals surface area contributed by atoms with Gasteiger partial charge in [0.2, 0.25) is 5.91 Å². The lowest BCUT2D eigenvalue weighted by atomic mass is 9.98. The molecule has 2 aliphatic rings. The van der Waals surface area contributed by atoms with E-state index in [0.29, 0.717) is 35.1 Å². The number of benzene rings is 1. The van der Waals surface area contributed by atoms with Crippen LogP contribution >= 0.6 is 11.6 Å². The molecule has 1 saturated carbocycles. The van der Waals surface area contributed by atoms with Gasteiger partial charge >= 0.3 is 6.03 Å². The number of carbonyl (C=O) groups is 3. The fourth-order valence-electron chi connectivity index (χ4n) is 3.86. The Morgan fingerprint density at radius 2 is 2.04 bits per heavy atom. The molecule has 1 aromatic heterocycles. The molecule has 1 aromatic carbocycles. The number of nitrogens with zero attached hydrogens (tertiary/aromatic N) is 3. The van der Waals surface area contributed by atoms with Crippen molar-refractivity contribution in [3.63, 3.8) is 0 Å². The number of aromatic nitrogens is 2. The van der Waals surface area contributed by atoms with E-state index in [9.17, 15) is 14.4 Å². The normalized spacial score (nSPS) is 18.0. The number of aryl methyl sites for hydroxylation is 1. The SMILES string of the molecule is Cc1cc(NC(=O)CN2C(=O)NC3(CCCC3)C2=O)n(-c2cccc(Cl)c2)n1. The van der Waals surface area contributed by atoms with Gasteiger partial charge in [-0.15, -0.1) is 0 Å². The molecule has 1 aliphatic carbocycles. The van der Waals surface area contributed by atoms with Crippen molar-refractivity contribution in [1.82, 2.24) is 20.0 Å². The summed E-state index contributed by atoms with van der Waals surface area (Å²) in [5.41, 5.74) is 0.572. The van der Waals surface area contributed by atoms with E-state index in [2.05, 4.69) is 15.7 Å². The Labute approximate surface area is 166 Å². The third-order valence-electron chi connectivity index (χ3n) is 5.16. The van der Waals surface area contributed by atoms with Crippen LogP contribution in [0.1, 0.15) is 31.4 Å². The largest absolute Gasteiger partial charge is 0.325 e. The van der Waals surface area contributed by atoms with Gasteiger partial charge in [-0.1, -0.05) is 30.5 Å². The number of rotatable bonds is 4. The van der Waals surface area contributed by atoms with E-state index in [1.165, 1.54) is 0 Å². The van der Waals surface area contributed by atoms with E-state index in [1.54, 1.807) is 35.9 Å².